The second-order valence-corrected chi connectivity index (χ2v) is 5.88. The first-order chi connectivity index (χ1) is 12.6. The number of aliphatic imine (C=N–C) groups is 1. The van der Waals surface area contributed by atoms with Crippen molar-refractivity contribution in [2.45, 2.75) is 20.0 Å². The van der Waals surface area contributed by atoms with Gasteiger partial charge in [0.25, 0.3) is 0 Å². The van der Waals surface area contributed by atoms with E-state index < -0.39 is 0 Å². The summed E-state index contributed by atoms with van der Waals surface area (Å²) >= 11 is 0. The first kappa shape index (κ1) is 17.8. The van der Waals surface area contributed by atoms with Crippen molar-refractivity contribution in [2.24, 2.45) is 4.99 Å². The number of hydrogen-bond donors (Lipinski definition) is 2. The minimum absolute atomic E-state index is 0.268. The zero-order valence-corrected chi connectivity index (χ0v) is 15.1. The van der Waals surface area contributed by atoms with Crippen LogP contribution in [0.1, 0.15) is 16.9 Å². The molecule has 3 rings (SSSR count). The number of para-hydroxylation sites is 1. The van der Waals surface area contributed by atoms with Gasteiger partial charge in [-0.15, -0.1) is 0 Å². The monoisotopic (exact) mass is 355 g/mol. The third kappa shape index (κ3) is 3.79. The van der Waals surface area contributed by atoms with E-state index in [4.69, 9.17) is 9.15 Å². The number of hydrogen-bond acceptors (Lipinski definition) is 3. The third-order valence-corrected chi connectivity index (χ3v) is 4.28. The molecule has 3 aromatic rings. The summed E-state index contributed by atoms with van der Waals surface area (Å²) in [5.41, 5.74) is 2.64. The maximum atomic E-state index is 13.4. The summed E-state index contributed by atoms with van der Waals surface area (Å²) in [4.78, 5) is 4.22. The van der Waals surface area contributed by atoms with Crippen molar-refractivity contribution in [3.63, 3.8) is 0 Å². The molecule has 0 saturated heterocycles. The highest BCUT2D eigenvalue weighted by molar-refractivity contribution is 5.83. The Morgan fingerprint density at radius 2 is 1.92 bits per heavy atom. The summed E-state index contributed by atoms with van der Waals surface area (Å²) in [6, 6.07) is 12.4. The number of fused-ring (bicyclic) bond motifs is 1. The highest BCUT2D eigenvalue weighted by atomic mass is 19.1. The molecule has 0 radical (unpaired) electrons. The number of ether oxygens (including phenoxy) is 1. The second-order valence-electron chi connectivity index (χ2n) is 5.88. The fraction of sp³-hybridized carbons (Fsp3) is 0.250. The Morgan fingerprint density at radius 3 is 2.69 bits per heavy atom. The van der Waals surface area contributed by atoms with Gasteiger partial charge in [0, 0.05) is 30.1 Å². The Hall–Kier alpha value is -3.02. The summed E-state index contributed by atoms with van der Waals surface area (Å²) in [6.07, 6.45) is 0. The minimum Gasteiger partial charge on any atom is -0.496 e. The lowest BCUT2D eigenvalue weighted by molar-refractivity contribution is 0.409. The van der Waals surface area contributed by atoms with Crippen molar-refractivity contribution in [3.05, 3.63) is 65.2 Å². The number of nitrogens with zero attached hydrogens (tertiary/aromatic N) is 1. The highest BCUT2D eigenvalue weighted by Gasteiger charge is 2.12. The number of nitrogens with one attached hydrogen (secondary N) is 2. The normalized spacial score (nSPS) is 11.6. The predicted octanol–water partition coefficient (Wildman–Crippen LogP) is 3.75. The van der Waals surface area contributed by atoms with Crippen molar-refractivity contribution in [3.8, 4) is 5.75 Å². The lowest BCUT2D eigenvalue weighted by Gasteiger charge is -2.13. The van der Waals surface area contributed by atoms with Gasteiger partial charge in [-0.05, 0) is 31.2 Å². The van der Waals surface area contributed by atoms with Gasteiger partial charge < -0.3 is 19.8 Å². The summed E-state index contributed by atoms with van der Waals surface area (Å²) in [5, 5.41) is 7.26. The Kier molecular flexibility index (Phi) is 5.41. The molecule has 26 heavy (non-hydrogen) atoms. The molecule has 5 nitrogen and oxygen atoms in total. The van der Waals surface area contributed by atoms with Crippen LogP contribution in [-0.2, 0) is 13.1 Å². The molecule has 0 amide bonds. The summed E-state index contributed by atoms with van der Waals surface area (Å²) in [6.45, 7) is 2.95. The molecule has 0 saturated carbocycles. The number of rotatable bonds is 5. The van der Waals surface area contributed by atoms with Gasteiger partial charge in [-0.2, -0.15) is 0 Å². The smallest absolute Gasteiger partial charge is 0.191 e. The van der Waals surface area contributed by atoms with Crippen molar-refractivity contribution in [1.29, 1.82) is 0 Å². The molecular weight excluding hydrogens is 333 g/mol. The Labute approximate surface area is 151 Å². The number of benzene rings is 2. The molecule has 1 aromatic heterocycles. The van der Waals surface area contributed by atoms with Gasteiger partial charge in [0.2, 0.25) is 0 Å². The fourth-order valence-corrected chi connectivity index (χ4v) is 2.82. The number of furan rings is 1. The quantitative estimate of drug-likeness (QED) is 0.540. The van der Waals surface area contributed by atoms with Gasteiger partial charge in [0.15, 0.2) is 5.96 Å². The van der Waals surface area contributed by atoms with E-state index in [0.717, 1.165) is 28.0 Å². The third-order valence-electron chi connectivity index (χ3n) is 4.28. The number of methoxy groups -OCH3 is 1. The van der Waals surface area contributed by atoms with E-state index in [0.29, 0.717) is 24.6 Å². The molecule has 0 atom stereocenters. The fourth-order valence-electron chi connectivity index (χ4n) is 2.82. The van der Waals surface area contributed by atoms with Crippen molar-refractivity contribution in [2.75, 3.05) is 14.2 Å². The molecule has 0 aliphatic rings. The first-order valence-electron chi connectivity index (χ1n) is 8.36. The van der Waals surface area contributed by atoms with Crippen molar-refractivity contribution < 1.29 is 13.5 Å². The molecule has 136 valence electrons. The number of guanidine groups is 1. The van der Waals surface area contributed by atoms with Gasteiger partial charge >= 0.3 is 0 Å². The minimum atomic E-state index is -0.268. The maximum Gasteiger partial charge on any atom is 0.191 e. The van der Waals surface area contributed by atoms with Crippen LogP contribution in [0.15, 0.2) is 51.9 Å². The summed E-state index contributed by atoms with van der Waals surface area (Å²) in [7, 11) is 3.36. The van der Waals surface area contributed by atoms with E-state index >= 15 is 0 Å². The van der Waals surface area contributed by atoms with Gasteiger partial charge in [-0.3, -0.25) is 4.99 Å². The Balaban J connectivity index is 1.65. The standard InChI is InChI=1S/C20H22FN3O2/c1-13-16-10-15(21)8-9-18(16)26-19(13)12-24-20(22-2)23-11-14-6-4-5-7-17(14)25-3/h4-10H,11-12H2,1-3H3,(H2,22,23,24). The molecule has 0 unspecified atom stereocenters. The summed E-state index contributed by atoms with van der Waals surface area (Å²) < 4.78 is 24.6. The van der Waals surface area contributed by atoms with E-state index in [1.165, 1.54) is 12.1 Å². The summed E-state index contributed by atoms with van der Waals surface area (Å²) in [5.74, 6) is 1.95. The van der Waals surface area contributed by atoms with Gasteiger partial charge in [-0.25, -0.2) is 4.39 Å². The van der Waals surface area contributed by atoms with E-state index in [2.05, 4.69) is 15.6 Å². The average Bonchev–Trinajstić information content (AvgIpc) is 2.97. The van der Waals surface area contributed by atoms with Crippen LogP contribution >= 0.6 is 0 Å². The van der Waals surface area contributed by atoms with Crippen LogP contribution in [0.2, 0.25) is 0 Å². The van der Waals surface area contributed by atoms with Crippen molar-refractivity contribution in [1.82, 2.24) is 10.6 Å². The zero-order chi connectivity index (χ0) is 18.5. The van der Waals surface area contributed by atoms with E-state index in [1.54, 1.807) is 20.2 Å². The molecule has 2 N–H and O–H groups in total. The number of halogens is 1. The maximum absolute atomic E-state index is 13.4. The van der Waals surface area contributed by atoms with Crippen LogP contribution in [0.3, 0.4) is 0 Å². The average molecular weight is 355 g/mol. The Bertz CT molecular complexity index is 934. The molecule has 2 aromatic carbocycles. The van der Waals surface area contributed by atoms with Crippen LogP contribution in [0.5, 0.6) is 5.75 Å². The van der Waals surface area contributed by atoms with Gasteiger partial charge in [0.05, 0.1) is 13.7 Å². The van der Waals surface area contributed by atoms with Crippen LogP contribution in [-0.4, -0.2) is 20.1 Å². The van der Waals surface area contributed by atoms with Gasteiger partial charge in [0.1, 0.15) is 22.9 Å². The molecule has 0 aliphatic heterocycles. The highest BCUT2D eigenvalue weighted by Crippen LogP contribution is 2.25. The van der Waals surface area contributed by atoms with Crippen LogP contribution < -0.4 is 15.4 Å². The molecule has 0 bridgehead atoms. The second kappa shape index (κ2) is 7.91. The van der Waals surface area contributed by atoms with Gasteiger partial charge in [-0.1, -0.05) is 18.2 Å². The molecule has 0 fully saturated rings. The lowest BCUT2D eigenvalue weighted by Crippen LogP contribution is -2.36. The van der Waals surface area contributed by atoms with Crippen LogP contribution in [0.4, 0.5) is 4.39 Å². The number of aryl methyl sites for hydroxylation is 1. The molecule has 0 aliphatic carbocycles. The molecular formula is C20H22FN3O2. The molecule has 1 heterocycles. The van der Waals surface area contributed by atoms with E-state index in [1.807, 2.05) is 31.2 Å². The topological polar surface area (TPSA) is 58.8 Å². The Morgan fingerprint density at radius 1 is 1.15 bits per heavy atom. The SMILES string of the molecule is CN=C(NCc1ccccc1OC)NCc1oc2ccc(F)cc2c1C. The lowest BCUT2D eigenvalue weighted by atomic mass is 10.1. The molecule has 0 spiro atoms. The predicted molar refractivity (Wildman–Crippen MR) is 101 cm³/mol. The van der Waals surface area contributed by atoms with Crippen LogP contribution in [0.25, 0.3) is 11.0 Å². The first-order valence-corrected chi connectivity index (χ1v) is 8.36. The largest absolute Gasteiger partial charge is 0.496 e. The van der Waals surface area contributed by atoms with Crippen molar-refractivity contribution >= 4 is 16.9 Å². The molecule has 6 heteroatoms. The zero-order valence-electron chi connectivity index (χ0n) is 15.1. The van der Waals surface area contributed by atoms with Crippen LogP contribution in [0, 0.1) is 12.7 Å². The van der Waals surface area contributed by atoms with E-state index in [9.17, 15) is 4.39 Å². The van der Waals surface area contributed by atoms with E-state index in [-0.39, 0.29) is 5.82 Å².